The molecule has 0 spiro atoms. The largest absolute Gasteiger partial charge is 0.414 e. The molecule has 88 valence electrons. The maximum Gasteiger partial charge on any atom is 0.171 e. The van der Waals surface area contributed by atoms with Crippen LogP contribution < -0.4 is 0 Å². The third-order valence-electron chi connectivity index (χ3n) is 3.67. The highest BCUT2D eigenvalue weighted by atomic mass is 28.3. The second kappa shape index (κ2) is 4.53. The van der Waals surface area contributed by atoms with Crippen molar-refractivity contribution >= 4 is 9.04 Å². The monoisotopic (exact) mass is 230 g/mol. The summed E-state index contributed by atoms with van der Waals surface area (Å²) in [6, 6.07) is 0. The predicted molar refractivity (Wildman–Crippen MR) is 61.6 cm³/mol. The Hall–Kier alpha value is 0.0969. The Balaban J connectivity index is 2.09. The van der Waals surface area contributed by atoms with Crippen molar-refractivity contribution in [2.45, 2.75) is 32.0 Å². The van der Waals surface area contributed by atoms with Crippen molar-refractivity contribution in [2.75, 3.05) is 26.4 Å². The Morgan fingerprint density at radius 3 is 1.80 bits per heavy atom. The molecule has 2 aliphatic heterocycles. The quantitative estimate of drug-likeness (QED) is 0.669. The zero-order valence-corrected chi connectivity index (χ0v) is 11.1. The van der Waals surface area contributed by atoms with Crippen LogP contribution in [0.4, 0.5) is 0 Å². The molecule has 0 aromatic rings. The van der Waals surface area contributed by atoms with Gasteiger partial charge in [-0.2, -0.15) is 0 Å². The lowest BCUT2D eigenvalue weighted by molar-refractivity contribution is -0.210. The van der Waals surface area contributed by atoms with Crippen molar-refractivity contribution in [2.24, 2.45) is 11.8 Å². The number of ether oxygens (including phenoxy) is 2. The van der Waals surface area contributed by atoms with Crippen molar-refractivity contribution in [3.63, 3.8) is 0 Å². The van der Waals surface area contributed by atoms with Crippen LogP contribution in [0.1, 0.15) is 13.3 Å². The van der Waals surface area contributed by atoms with Crippen LogP contribution in [0.25, 0.3) is 0 Å². The summed E-state index contributed by atoms with van der Waals surface area (Å²) in [5.74, 6) is 1.21. The van der Waals surface area contributed by atoms with Crippen LogP contribution in [0, 0.1) is 11.8 Å². The summed E-state index contributed by atoms with van der Waals surface area (Å²) in [4.78, 5) is 0. The lowest BCUT2D eigenvalue weighted by atomic mass is 9.73. The van der Waals surface area contributed by atoms with Gasteiger partial charge in [0.2, 0.25) is 0 Å². The Labute approximate surface area is 93.8 Å². The molecular weight excluding hydrogens is 208 g/mol. The summed E-state index contributed by atoms with van der Waals surface area (Å²) >= 11 is 0. The zero-order chi connectivity index (χ0) is 10.9. The van der Waals surface area contributed by atoms with E-state index in [-0.39, 0.29) is 5.60 Å². The molecule has 0 saturated carbocycles. The van der Waals surface area contributed by atoms with Gasteiger partial charge in [0.05, 0.1) is 32.0 Å². The van der Waals surface area contributed by atoms with Gasteiger partial charge in [0.1, 0.15) is 0 Å². The molecule has 0 bridgehead atoms. The average molecular weight is 230 g/mol. The van der Waals surface area contributed by atoms with Crippen LogP contribution in [0.3, 0.4) is 0 Å². The minimum Gasteiger partial charge on any atom is -0.414 e. The first-order valence-corrected chi connectivity index (χ1v) is 8.80. The van der Waals surface area contributed by atoms with Gasteiger partial charge in [-0.15, -0.1) is 0 Å². The smallest absolute Gasteiger partial charge is 0.171 e. The minimum atomic E-state index is -0.997. The van der Waals surface area contributed by atoms with Crippen molar-refractivity contribution in [3.05, 3.63) is 0 Å². The second-order valence-corrected chi connectivity index (χ2v) is 7.28. The lowest BCUT2D eigenvalue weighted by Gasteiger charge is -2.52. The third-order valence-corrected chi connectivity index (χ3v) is 4.58. The van der Waals surface area contributed by atoms with Crippen LogP contribution in [0.15, 0.2) is 0 Å². The maximum absolute atomic E-state index is 6.37. The Morgan fingerprint density at radius 2 is 1.60 bits per heavy atom. The van der Waals surface area contributed by atoms with Gasteiger partial charge < -0.3 is 13.9 Å². The molecule has 0 aliphatic carbocycles. The van der Waals surface area contributed by atoms with E-state index in [1.165, 1.54) is 0 Å². The highest BCUT2D eigenvalue weighted by Gasteiger charge is 2.51. The average Bonchev–Trinajstić information content (AvgIpc) is 1.95. The van der Waals surface area contributed by atoms with E-state index in [1.807, 2.05) is 0 Å². The Kier molecular flexibility index (Phi) is 3.50. The molecule has 2 heterocycles. The molecule has 0 amide bonds. The number of hydrogen-bond donors (Lipinski definition) is 0. The van der Waals surface area contributed by atoms with Crippen LogP contribution in [0.2, 0.25) is 13.1 Å². The fraction of sp³-hybridized carbons (Fsp3) is 1.00. The SMILES string of the molecule is CCC(O[SiH](C)C)(C1COC1)C1COC1. The number of hydrogen-bond acceptors (Lipinski definition) is 3. The first-order chi connectivity index (χ1) is 7.19. The molecule has 0 radical (unpaired) electrons. The fourth-order valence-corrected chi connectivity index (χ4v) is 4.09. The van der Waals surface area contributed by atoms with E-state index in [4.69, 9.17) is 13.9 Å². The molecule has 3 nitrogen and oxygen atoms in total. The summed E-state index contributed by atoms with van der Waals surface area (Å²) in [6.07, 6.45) is 1.10. The summed E-state index contributed by atoms with van der Waals surface area (Å²) in [6.45, 7) is 10.3. The van der Waals surface area contributed by atoms with E-state index in [9.17, 15) is 0 Å². The number of rotatable bonds is 5. The van der Waals surface area contributed by atoms with Crippen molar-refractivity contribution < 1.29 is 13.9 Å². The van der Waals surface area contributed by atoms with Crippen LogP contribution >= 0.6 is 0 Å². The first-order valence-electron chi connectivity index (χ1n) is 6.02. The van der Waals surface area contributed by atoms with Gasteiger partial charge in [0.25, 0.3) is 0 Å². The summed E-state index contributed by atoms with van der Waals surface area (Å²) in [7, 11) is -0.997. The molecule has 2 saturated heterocycles. The van der Waals surface area contributed by atoms with Gasteiger partial charge in [-0.05, 0) is 19.5 Å². The normalized spacial score (nSPS) is 24.0. The van der Waals surface area contributed by atoms with Crippen molar-refractivity contribution in [3.8, 4) is 0 Å². The molecule has 0 aromatic carbocycles. The molecule has 2 aliphatic rings. The topological polar surface area (TPSA) is 27.7 Å². The third kappa shape index (κ3) is 2.00. The zero-order valence-electron chi connectivity index (χ0n) is 9.99. The molecule has 0 atom stereocenters. The summed E-state index contributed by atoms with van der Waals surface area (Å²) < 4.78 is 17.0. The molecule has 0 unspecified atom stereocenters. The Morgan fingerprint density at radius 1 is 1.13 bits per heavy atom. The minimum absolute atomic E-state index is 0.0664. The molecule has 2 rings (SSSR count). The molecule has 4 heteroatoms. The van der Waals surface area contributed by atoms with E-state index in [0.717, 1.165) is 32.8 Å². The van der Waals surface area contributed by atoms with Crippen LogP contribution in [-0.4, -0.2) is 41.1 Å². The van der Waals surface area contributed by atoms with Gasteiger partial charge in [-0.25, -0.2) is 0 Å². The Bertz CT molecular complexity index is 198. The molecule has 2 fully saturated rings. The standard InChI is InChI=1S/C11H22O3Si/c1-4-11(14-15(2)3,9-5-12-6-9)10-7-13-8-10/h9-10,15H,4-8H2,1-3H3. The van der Waals surface area contributed by atoms with E-state index >= 15 is 0 Å². The second-order valence-electron chi connectivity index (χ2n) is 4.94. The highest BCUT2D eigenvalue weighted by Crippen LogP contribution is 2.41. The van der Waals surface area contributed by atoms with Gasteiger partial charge in [0.15, 0.2) is 9.04 Å². The van der Waals surface area contributed by atoms with Crippen LogP contribution in [-0.2, 0) is 13.9 Å². The summed E-state index contributed by atoms with van der Waals surface area (Å²) in [5.41, 5.74) is 0.0664. The van der Waals surface area contributed by atoms with Gasteiger partial charge in [0, 0.05) is 11.8 Å². The molecule has 15 heavy (non-hydrogen) atoms. The van der Waals surface area contributed by atoms with E-state index < -0.39 is 9.04 Å². The first kappa shape index (κ1) is 11.6. The molecule has 0 aromatic heterocycles. The summed E-state index contributed by atoms with van der Waals surface area (Å²) in [5, 5.41) is 0. The molecular formula is C11H22O3Si. The van der Waals surface area contributed by atoms with Gasteiger partial charge in [-0.3, -0.25) is 0 Å². The van der Waals surface area contributed by atoms with Crippen LogP contribution in [0.5, 0.6) is 0 Å². The van der Waals surface area contributed by atoms with Crippen molar-refractivity contribution in [1.29, 1.82) is 0 Å². The maximum atomic E-state index is 6.37. The van der Waals surface area contributed by atoms with Crippen molar-refractivity contribution in [1.82, 2.24) is 0 Å². The molecule has 0 N–H and O–H groups in total. The predicted octanol–water partition coefficient (Wildman–Crippen LogP) is 1.43. The lowest BCUT2D eigenvalue weighted by Crippen LogP contribution is -2.61. The fourth-order valence-electron chi connectivity index (χ4n) is 2.66. The van der Waals surface area contributed by atoms with E-state index in [2.05, 4.69) is 20.0 Å². The van der Waals surface area contributed by atoms with Gasteiger partial charge in [-0.1, -0.05) is 6.92 Å². The van der Waals surface area contributed by atoms with Gasteiger partial charge >= 0.3 is 0 Å². The van der Waals surface area contributed by atoms with E-state index in [1.54, 1.807) is 0 Å². The van der Waals surface area contributed by atoms with E-state index in [0.29, 0.717) is 11.8 Å². The highest BCUT2D eigenvalue weighted by molar-refractivity contribution is 6.48.